The number of rotatable bonds is 7. The van der Waals surface area contributed by atoms with Gasteiger partial charge in [0.05, 0.1) is 6.33 Å². The summed E-state index contributed by atoms with van der Waals surface area (Å²) in [4.78, 5) is 17.2. The van der Waals surface area contributed by atoms with Crippen LogP contribution in [0.5, 0.6) is 0 Å². The minimum atomic E-state index is -0.879. The maximum Gasteiger partial charge on any atom is 0.251 e. The highest BCUT2D eigenvalue weighted by Crippen LogP contribution is 2.03. The van der Waals surface area contributed by atoms with E-state index in [0.29, 0.717) is 19.5 Å². The fourth-order valence-electron chi connectivity index (χ4n) is 1.40. The SMILES string of the molecule is CSCCC(O)C(=O)N(C)CCn1ccnc1. The molecule has 0 spiro atoms. The average Bonchev–Trinajstić information content (AvgIpc) is 2.85. The van der Waals surface area contributed by atoms with Crippen LogP contribution in [-0.4, -0.2) is 57.2 Å². The summed E-state index contributed by atoms with van der Waals surface area (Å²) in [6, 6.07) is 0. The molecule has 0 bridgehead atoms. The van der Waals surface area contributed by atoms with Crippen LogP contribution in [0, 0.1) is 0 Å². The molecular formula is C11H19N3O2S. The summed E-state index contributed by atoms with van der Waals surface area (Å²) in [7, 11) is 1.71. The van der Waals surface area contributed by atoms with Gasteiger partial charge in [-0.15, -0.1) is 0 Å². The van der Waals surface area contributed by atoms with E-state index in [0.717, 1.165) is 5.75 Å². The molecule has 1 heterocycles. The Bertz CT molecular complexity index is 329. The molecule has 1 unspecified atom stereocenters. The number of nitrogens with zero attached hydrogens (tertiary/aromatic N) is 3. The Morgan fingerprint density at radius 2 is 2.41 bits per heavy atom. The minimum Gasteiger partial charge on any atom is -0.383 e. The zero-order chi connectivity index (χ0) is 12.7. The molecule has 6 heteroatoms. The Balaban J connectivity index is 2.31. The number of carbonyl (C=O) groups excluding carboxylic acids is 1. The van der Waals surface area contributed by atoms with Gasteiger partial charge in [-0.2, -0.15) is 11.8 Å². The number of aliphatic hydroxyl groups excluding tert-OH is 1. The molecule has 0 aromatic carbocycles. The van der Waals surface area contributed by atoms with E-state index >= 15 is 0 Å². The van der Waals surface area contributed by atoms with Crippen LogP contribution >= 0.6 is 11.8 Å². The van der Waals surface area contributed by atoms with Crippen LogP contribution < -0.4 is 0 Å². The highest BCUT2D eigenvalue weighted by Gasteiger charge is 2.18. The lowest BCUT2D eigenvalue weighted by molar-refractivity contribution is -0.139. The quantitative estimate of drug-likeness (QED) is 0.771. The fraction of sp³-hybridized carbons (Fsp3) is 0.636. The van der Waals surface area contributed by atoms with Crippen molar-refractivity contribution in [2.75, 3.05) is 25.6 Å². The largest absolute Gasteiger partial charge is 0.383 e. The van der Waals surface area contributed by atoms with Gasteiger partial charge in [0.15, 0.2) is 0 Å². The maximum atomic E-state index is 11.8. The van der Waals surface area contributed by atoms with E-state index in [2.05, 4.69) is 4.98 Å². The highest BCUT2D eigenvalue weighted by molar-refractivity contribution is 7.98. The van der Waals surface area contributed by atoms with Crippen molar-refractivity contribution in [1.82, 2.24) is 14.5 Å². The predicted molar refractivity (Wildman–Crippen MR) is 68.9 cm³/mol. The van der Waals surface area contributed by atoms with E-state index in [1.165, 1.54) is 0 Å². The van der Waals surface area contributed by atoms with Gasteiger partial charge in [-0.1, -0.05) is 0 Å². The molecule has 5 nitrogen and oxygen atoms in total. The fourth-order valence-corrected chi connectivity index (χ4v) is 1.86. The Morgan fingerprint density at radius 1 is 1.65 bits per heavy atom. The monoisotopic (exact) mass is 257 g/mol. The van der Waals surface area contributed by atoms with E-state index < -0.39 is 6.10 Å². The van der Waals surface area contributed by atoms with Crippen LogP contribution in [0.3, 0.4) is 0 Å². The lowest BCUT2D eigenvalue weighted by Crippen LogP contribution is -2.38. The summed E-state index contributed by atoms with van der Waals surface area (Å²) in [5.74, 6) is 0.585. The van der Waals surface area contributed by atoms with E-state index in [1.807, 2.05) is 17.0 Å². The topological polar surface area (TPSA) is 58.4 Å². The van der Waals surface area contributed by atoms with Gasteiger partial charge in [-0.3, -0.25) is 4.79 Å². The molecule has 0 radical (unpaired) electrons. The van der Waals surface area contributed by atoms with E-state index in [9.17, 15) is 9.90 Å². The van der Waals surface area contributed by atoms with E-state index in [4.69, 9.17) is 0 Å². The molecule has 1 atom stereocenters. The van der Waals surface area contributed by atoms with Crippen molar-refractivity contribution in [2.24, 2.45) is 0 Å². The molecule has 1 rings (SSSR count). The van der Waals surface area contributed by atoms with Crippen LogP contribution in [0.2, 0.25) is 0 Å². The predicted octanol–water partition coefficient (Wildman–Crippen LogP) is 0.455. The summed E-state index contributed by atoms with van der Waals surface area (Å²) in [5, 5.41) is 9.65. The third-order valence-electron chi connectivity index (χ3n) is 2.51. The van der Waals surface area contributed by atoms with Crippen molar-refractivity contribution in [1.29, 1.82) is 0 Å². The van der Waals surface area contributed by atoms with Crippen LogP contribution in [0.15, 0.2) is 18.7 Å². The second-order valence-corrected chi connectivity index (χ2v) is 4.84. The number of aromatic nitrogens is 2. The lowest BCUT2D eigenvalue weighted by atomic mass is 10.2. The van der Waals surface area contributed by atoms with Crippen molar-refractivity contribution in [3.05, 3.63) is 18.7 Å². The molecule has 17 heavy (non-hydrogen) atoms. The average molecular weight is 257 g/mol. The number of amides is 1. The van der Waals surface area contributed by atoms with Crippen LogP contribution in [0.25, 0.3) is 0 Å². The first-order valence-electron chi connectivity index (χ1n) is 5.53. The molecule has 1 aromatic rings. The molecule has 0 aliphatic rings. The smallest absolute Gasteiger partial charge is 0.251 e. The molecular weight excluding hydrogens is 238 g/mol. The first-order chi connectivity index (χ1) is 8.15. The normalized spacial score (nSPS) is 12.4. The Labute approximate surface area is 106 Å². The molecule has 1 amide bonds. The summed E-state index contributed by atoms with van der Waals surface area (Å²) in [5.41, 5.74) is 0. The first kappa shape index (κ1) is 14.1. The zero-order valence-corrected chi connectivity index (χ0v) is 11.1. The molecule has 0 saturated heterocycles. The van der Waals surface area contributed by atoms with Gasteiger partial charge in [-0.25, -0.2) is 4.98 Å². The number of likely N-dealkylation sites (N-methyl/N-ethyl adjacent to an activating group) is 1. The van der Waals surface area contributed by atoms with Crippen molar-refractivity contribution < 1.29 is 9.90 Å². The number of hydrogen-bond acceptors (Lipinski definition) is 4. The molecule has 0 fully saturated rings. The zero-order valence-electron chi connectivity index (χ0n) is 10.2. The van der Waals surface area contributed by atoms with E-state index in [-0.39, 0.29) is 5.91 Å². The number of thioether (sulfide) groups is 1. The van der Waals surface area contributed by atoms with Crippen molar-refractivity contribution in [3.8, 4) is 0 Å². The summed E-state index contributed by atoms with van der Waals surface area (Å²) >= 11 is 1.63. The van der Waals surface area contributed by atoms with Gasteiger partial charge in [0.1, 0.15) is 6.10 Å². The lowest BCUT2D eigenvalue weighted by Gasteiger charge is -2.20. The van der Waals surface area contributed by atoms with Gasteiger partial charge in [0.2, 0.25) is 0 Å². The van der Waals surface area contributed by atoms with Gasteiger partial charge in [-0.05, 0) is 18.4 Å². The van der Waals surface area contributed by atoms with Crippen LogP contribution in [0.1, 0.15) is 6.42 Å². The summed E-state index contributed by atoms with van der Waals surface area (Å²) in [6.45, 7) is 1.27. The minimum absolute atomic E-state index is 0.209. The van der Waals surface area contributed by atoms with Gasteiger partial charge in [0.25, 0.3) is 5.91 Å². The maximum absolute atomic E-state index is 11.8. The van der Waals surface area contributed by atoms with E-state index in [1.54, 1.807) is 36.2 Å². The summed E-state index contributed by atoms with van der Waals surface area (Å²) < 4.78 is 1.90. The third-order valence-corrected chi connectivity index (χ3v) is 3.15. The number of carbonyl (C=O) groups is 1. The third kappa shape index (κ3) is 4.79. The highest BCUT2D eigenvalue weighted by atomic mass is 32.2. The number of imidazole rings is 1. The van der Waals surface area contributed by atoms with Crippen LogP contribution in [0.4, 0.5) is 0 Å². The second-order valence-electron chi connectivity index (χ2n) is 3.86. The molecule has 0 saturated carbocycles. The molecule has 96 valence electrons. The first-order valence-corrected chi connectivity index (χ1v) is 6.92. The molecule has 1 aromatic heterocycles. The Hall–Kier alpha value is -1.01. The standard InChI is InChI=1S/C11H19N3O2S/c1-13(6-7-14-5-4-12-9-14)11(16)10(15)3-8-17-2/h4-5,9-10,15H,3,6-8H2,1-2H3. The van der Waals surface area contributed by atoms with Gasteiger partial charge >= 0.3 is 0 Å². The van der Waals surface area contributed by atoms with Crippen molar-refractivity contribution in [3.63, 3.8) is 0 Å². The number of hydrogen-bond donors (Lipinski definition) is 1. The second kappa shape index (κ2) is 7.34. The van der Waals surface area contributed by atoms with Crippen LogP contribution in [-0.2, 0) is 11.3 Å². The molecule has 0 aliphatic heterocycles. The molecule has 0 aliphatic carbocycles. The van der Waals surface area contributed by atoms with Gasteiger partial charge < -0.3 is 14.6 Å². The molecule has 1 N–H and O–H groups in total. The van der Waals surface area contributed by atoms with Crippen molar-refractivity contribution in [2.45, 2.75) is 19.1 Å². The van der Waals surface area contributed by atoms with Crippen molar-refractivity contribution >= 4 is 17.7 Å². The van der Waals surface area contributed by atoms with Gasteiger partial charge in [0, 0.05) is 32.5 Å². The number of aliphatic hydroxyl groups is 1. The summed E-state index contributed by atoms with van der Waals surface area (Å²) in [6.07, 6.45) is 6.85. The Morgan fingerprint density at radius 3 is 3.00 bits per heavy atom. The Kier molecular flexibility index (Phi) is 6.07.